The molecule has 3 atom stereocenters. The summed E-state index contributed by atoms with van der Waals surface area (Å²) in [6.45, 7) is 5.70. The van der Waals surface area contributed by atoms with Crippen molar-refractivity contribution in [3.05, 3.63) is 0 Å². The molecule has 1 aliphatic rings. The fourth-order valence-electron chi connectivity index (χ4n) is 2.22. The van der Waals surface area contributed by atoms with Crippen molar-refractivity contribution < 1.29 is 4.79 Å². The minimum atomic E-state index is 0. The number of carbonyl (C=O) groups excluding carboxylic acids is 1. The van der Waals surface area contributed by atoms with Crippen molar-refractivity contribution in [2.45, 2.75) is 26.3 Å². The molecular weight excluding hydrogens is 244 g/mol. The Bertz CT molecular complexity index is 228. The molecular formula is C11H23ClN2OS. The molecule has 1 amide bonds. The van der Waals surface area contributed by atoms with Crippen LogP contribution in [0.3, 0.4) is 0 Å². The van der Waals surface area contributed by atoms with Crippen molar-refractivity contribution in [1.82, 2.24) is 4.90 Å². The summed E-state index contributed by atoms with van der Waals surface area (Å²) in [7, 11) is 0. The molecule has 0 aliphatic carbocycles. The molecule has 3 nitrogen and oxygen atoms in total. The number of amides is 1. The van der Waals surface area contributed by atoms with E-state index in [-0.39, 0.29) is 18.3 Å². The van der Waals surface area contributed by atoms with E-state index in [1.54, 1.807) is 11.8 Å². The third kappa shape index (κ3) is 3.82. The van der Waals surface area contributed by atoms with E-state index in [9.17, 15) is 4.79 Å². The zero-order valence-electron chi connectivity index (χ0n) is 10.3. The second-order valence-corrected chi connectivity index (χ2v) is 5.44. The Labute approximate surface area is 109 Å². The van der Waals surface area contributed by atoms with Gasteiger partial charge in [-0.05, 0) is 32.1 Å². The Balaban J connectivity index is 0.00000225. The number of halogens is 1. The number of likely N-dealkylation sites (tertiary alicyclic amines) is 1. The van der Waals surface area contributed by atoms with Crippen LogP contribution >= 0.6 is 24.2 Å². The van der Waals surface area contributed by atoms with Gasteiger partial charge in [-0.2, -0.15) is 11.8 Å². The largest absolute Gasteiger partial charge is 0.339 e. The summed E-state index contributed by atoms with van der Waals surface area (Å²) >= 11 is 1.73. The van der Waals surface area contributed by atoms with E-state index in [2.05, 4.69) is 6.92 Å². The Morgan fingerprint density at radius 1 is 1.62 bits per heavy atom. The van der Waals surface area contributed by atoms with Gasteiger partial charge in [0.25, 0.3) is 0 Å². The molecule has 0 bridgehead atoms. The molecule has 0 aromatic rings. The highest BCUT2D eigenvalue weighted by atomic mass is 35.5. The van der Waals surface area contributed by atoms with Crippen LogP contribution in [-0.2, 0) is 4.79 Å². The predicted octanol–water partition coefficient (Wildman–Crippen LogP) is 1.60. The van der Waals surface area contributed by atoms with Gasteiger partial charge in [0.2, 0.25) is 5.91 Å². The fourth-order valence-corrected chi connectivity index (χ4v) is 2.87. The second kappa shape index (κ2) is 7.41. The Morgan fingerprint density at radius 3 is 2.69 bits per heavy atom. The highest BCUT2D eigenvalue weighted by molar-refractivity contribution is 7.98. The highest BCUT2D eigenvalue weighted by Crippen LogP contribution is 2.24. The van der Waals surface area contributed by atoms with Crippen LogP contribution in [0.5, 0.6) is 0 Å². The van der Waals surface area contributed by atoms with E-state index < -0.39 is 0 Å². The van der Waals surface area contributed by atoms with Gasteiger partial charge in [0, 0.05) is 24.3 Å². The maximum atomic E-state index is 12.1. The molecule has 5 heteroatoms. The lowest BCUT2D eigenvalue weighted by molar-refractivity contribution is -0.134. The van der Waals surface area contributed by atoms with Crippen LogP contribution in [0.4, 0.5) is 0 Å². The van der Waals surface area contributed by atoms with Gasteiger partial charge in [-0.15, -0.1) is 12.4 Å². The van der Waals surface area contributed by atoms with Crippen molar-refractivity contribution in [3.63, 3.8) is 0 Å². The number of carbonyl (C=O) groups is 1. The standard InChI is InChI=1S/C11H22N2OS.ClH/c1-8(7-15-3)11(14)13-6-10(5-12)4-9(13)2;/h8-10H,4-7,12H2,1-3H3;1H. The highest BCUT2D eigenvalue weighted by Gasteiger charge is 2.33. The third-order valence-electron chi connectivity index (χ3n) is 3.12. The fraction of sp³-hybridized carbons (Fsp3) is 0.909. The lowest BCUT2D eigenvalue weighted by Gasteiger charge is -2.24. The molecule has 0 radical (unpaired) electrons. The van der Waals surface area contributed by atoms with Crippen LogP contribution in [0.15, 0.2) is 0 Å². The number of thioether (sulfide) groups is 1. The summed E-state index contributed by atoms with van der Waals surface area (Å²) in [6.07, 6.45) is 3.11. The molecule has 3 unspecified atom stereocenters. The zero-order chi connectivity index (χ0) is 11.4. The molecule has 1 fully saturated rings. The second-order valence-electron chi connectivity index (χ2n) is 4.53. The Hall–Kier alpha value is 0.0700. The summed E-state index contributed by atoms with van der Waals surface area (Å²) in [6, 6.07) is 0.371. The first-order valence-corrected chi connectivity index (χ1v) is 6.99. The number of hydrogen-bond acceptors (Lipinski definition) is 3. The molecule has 1 aliphatic heterocycles. The van der Waals surface area contributed by atoms with Crippen molar-refractivity contribution in [3.8, 4) is 0 Å². The van der Waals surface area contributed by atoms with Crippen LogP contribution in [0.1, 0.15) is 20.3 Å². The first-order valence-electron chi connectivity index (χ1n) is 5.59. The summed E-state index contributed by atoms with van der Waals surface area (Å²) in [4.78, 5) is 14.1. The van der Waals surface area contributed by atoms with E-state index >= 15 is 0 Å². The normalized spacial score (nSPS) is 26.4. The number of nitrogens with two attached hydrogens (primary N) is 1. The number of nitrogens with zero attached hydrogens (tertiary/aromatic N) is 1. The van der Waals surface area contributed by atoms with Crippen LogP contribution in [0.2, 0.25) is 0 Å². The van der Waals surface area contributed by atoms with E-state index in [1.807, 2.05) is 18.1 Å². The summed E-state index contributed by atoms with van der Waals surface area (Å²) < 4.78 is 0. The van der Waals surface area contributed by atoms with Gasteiger partial charge >= 0.3 is 0 Å². The van der Waals surface area contributed by atoms with E-state index in [0.29, 0.717) is 24.4 Å². The molecule has 1 rings (SSSR count). The lowest BCUT2D eigenvalue weighted by atomic mass is 10.1. The van der Waals surface area contributed by atoms with Crippen molar-refractivity contribution >= 4 is 30.1 Å². The molecule has 0 aromatic heterocycles. The smallest absolute Gasteiger partial charge is 0.226 e. The van der Waals surface area contributed by atoms with Gasteiger partial charge in [-0.3, -0.25) is 4.79 Å². The monoisotopic (exact) mass is 266 g/mol. The topological polar surface area (TPSA) is 46.3 Å². The van der Waals surface area contributed by atoms with Gasteiger partial charge < -0.3 is 10.6 Å². The summed E-state index contributed by atoms with van der Waals surface area (Å²) in [5.74, 6) is 1.85. The summed E-state index contributed by atoms with van der Waals surface area (Å²) in [5, 5.41) is 0. The first-order chi connectivity index (χ1) is 7.10. The molecule has 1 saturated heterocycles. The Kier molecular flexibility index (Phi) is 7.44. The summed E-state index contributed by atoms with van der Waals surface area (Å²) in [5.41, 5.74) is 5.65. The van der Waals surface area contributed by atoms with E-state index in [1.165, 1.54) is 0 Å². The van der Waals surface area contributed by atoms with Crippen molar-refractivity contribution in [1.29, 1.82) is 0 Å². The quantitative estimate of drug-likeness (QED) is 0.841. The number of hydrogen-bond donors (Lipinski definition) is 1. The van der Waals surface area contributed by atoms with Crippen LogP contribution in [0.25, 0.3) is 0 Å². The van der Waals surface area contributed by atoms with Crippen molar-refractivity contribution in [2.75, 3.05) is 25.1 Å². The van der Waals surface area contributed by atoms with Crippen molar-refractivity contribution in [2.24, 2.45) is 17.6 Å². The molecule has 0 aromatic carbocycles. The van der Waals surface area contributed by atoms with E-state index in [4.69, 9.17) is 5.73 Å². The van der Waals surface area contributed by atoms with E-state index in [0.717, 1.165) is 18.7 Å². The molecule has 2 N–H and O–H groups in total. The minimum Gasteiger partial charge on any atom is -0.339 e. The SMILES string of the molecule is CSCC(C)C(=O)N1CC(CN)CC1C.Cl. The minimum absolute atomic E-state index is 0. The average Bonchev–Trinajstić information content (AvgIpc) is 2.59. The van der Waals surface area contributed by atoms with Crippen LogP contribution in [0, 0.1) is 11.8 Å². The average molecular weight is 267 g/mol. The Morgan fingerprint density at radius 2 is 2.25 bits per heavy atom. The molecule has 96 valence electrons. The first kappa shape index (κ1) is 16.1. The van der Waals surface area contributed by atoms with Gasteiger partial charge in [0.1, 0.15) is 0 Å². The van der Waals surface area contributed by atoms with Crippen LogP contribution in [-0.4, -0.2) is 41.9 Å². The molecule has 0 spiro atoms. The zero-order valence-corrected chi connectivity index (χ0v) is 11.9. The third-order valence-corrected chi connectivity index (χ3v) is 3.95. The molecule has 0 saturated carbocycles. The van der Waals surface area contributed by atoms with Gasteiger partial charge in [-0.25, -0.2) is 0 Å². The van der Waals surface area contributed by atoms with Gasteiger partial charge in [0.05, 0.1) is 0 Å². The van der Waals surface area contributed by atoms with Crippen LogP contribution < -0.4 is 5.73 Å². The maximum absolute atomic E-state index is 12.1. The number of rotatable bonds is 4. The van der Waals surface area contributed by atoms with Gasteiger partial charge in [-0.1, -0.05) is 6.92 Å². The predicted molar refractivity (Wildman–Crippen MR) is 73.1 cm³/mol. The molecule has 1 heterocycles. The van der Waals surface area contributed by atoms with Gasteiger partial charge in [0.15, 0.2) is 0 Å². The lowest BCUT2D eigenvalue weighted by Crippen LogP contribution is -2.38. The molecule has 16 heavy (non-hydrogen) atoms. The maximum Gasteiger partial charge on any atom is 0.226 e.